The normalized spacial score (nSPS) is 10.7. The van der Waals surface area contributed by atoms with Gasteiger partial charge in [0.2, 0.25) is 0 Å². The van der Waals surface area contributed by atoms with Crippen molar-refractivity contribution < 1.29 is 4.79 Å². The Hall–Kier alpha value is -1.13. The van der Waals surface area contributed by atoms with Crippen LogP contribution in [0.4, 0.5) is 0 Å². The third kappa shape index (κ3) is 4.17. The number of rotatable bonds is 4. The second kappa shape index (κ2) is 7.23. The molecule has 0 atom stereocenters. The van der Waals surface area contributed by atoms with Crippen molar-refractivity contribution in [1.29, 1.82) is 0 Å². The van der Waals surface area contributed by atoms with Crippen LogP contribution in [0.3, 0.4) is 0 Å². The monoisotopic (exact) mass is 409 g/mol. The number of benzene rings is 2. The molecule has 1 amide bonds. The third-order valence-electron chi connectivity index (χ3n) is 3.24. The van der Waals surface area contributed by atoms with Crippen molar-refractivity contribution in [3.63, 3.8) is 0 Å². The highest BCUT2D eigenvalue weighted by Gasteiger charge is 2.21. The zero-order valence-electron chi connectivity index (χ0n) is 12.0. The van der Waals surface area contributed by atoms with E-state index in [-0.39, 0.29) is 11.9 Å². The maximum absolute atomic E-state index is 12.8. The van der Waals surface area contributed by atoms with E-state index in [1.807, 2.05) is 67.3 Å². The lowest BCUT2D eigenvalue weighted by Crippen LogP contribution is -2.36. The Morgan fingerprint density at radius 1 is 1.10 bits per heavy atom. The fraction of sp³-hybridized carbons (Fsp3) is 0.235. The maximum Gasteiger partial charge on any atom is 0.255 e. The van der Waals surface area contributed by atoms with Gasteiger partial charge >= 0.3 is 0 Å². The summed E-state index contributed by atoms with van der Waals surface area (Å²) in [6, 6.07) is 15.8. The number of hydrogen-bond donors (Lipinski definition) is 0. The van der Waals surface area contributed by atoms with Gasteiger partial charge in [0.25, 0.3) is 5.91 Å². The zero-order valence-corrected chi connectivity index (χ0v) is 15.2. The molecule has 0 aromatic heterocycles. The first kappa shape index (κ1) is 16.2. The highest BCUT2D eigenvalue weighted by atomic mass is 79.9. The predicted octanol–water partition coefficient (Wildman–Crippen LogP) is 5.26. The first-order valence-electron chi connectivity index (χ1n) is 6.79. The number of carbonyl (C=O) groups excluding carboxylic acids is 1. The molecule has 0 N–H and O–H groups in total. The van der Waals surface area contributed by atoms with Gasteiger partial charge in [0.1, 0.15) is 0 Å². The van der Waals surface area contributed by atoms with Crippen LogP contribution in [0.2, 0.25) is 0 Å². The standard InChI is InChI=1S/C17H17Br2NO/c1-12(2)20(11-13-6-4-3-5-7-13)17(21)15-9-8-14(18)10-16(15)19/h3-10,12H,11H2,1-2H3. The van der Waals surface area contributed by atoms with Crippen molar-refractivity contribution in [3.05, 3.63) is 68.6 Å². The Morgan fingerprint density at radius 3 is 2.33 bits per heavy atom. The lowest BCUT2D eigenvalue weighted by Gasteiger charge is -2.27. The van der Waals surface area contributed by atoms with Crippen LogP contribution in [0.25, 0.3) is 0 Å². The molecule has 0 saturated heterocycles. The number of nitrogens with zero attached hydrogens (tertiary/aromatic N) is 1. The van der Waals surface area contributed by atoms with Crippen molar-refractivity contribution in [2.75, 3.05) is 0 Å². The Labute approximate surface area is 142 Å². The van der Waals surface area contributed by atoms with Crippen molar-refractivity contribution in [2.24, 2.45) is 0 Å². The SMILES string of the molecule is CC(C)N(Cc1ccccc1)C(=O)c1ccc(Br)cc1Br. The fourth-order valence-corrected chi connectivity index (χ4v) is 3.30. The molecule has 0 heterocycles. The summed E-state index contributed by atoms with van der Waals surface area (Å²) in [7, 11) is 0. The smallest absolute Gasteiger partial charge is 0.255 e. The maximum atomic E-state index is 12.8. The molecule has 0 radical (unpaired) electrons. The Balaban J connectivity index is 2.27. The summed E-state index contributed by atoms with van der Waals surface area (Å²) < 4.78 is 1.76. The average molecular weight is 411 g/mol. The van der Waals surface area contributed by atoms with Crippen LogP contribution in [-0.4, -0.2) is 16.8 Å². The summed E-state index contributed by atoms with van der Waals surface area (Å²) in [5, 5.41) is 0. The van der Waals surface area contributed by atoms with Gasteiger partial charge in [-0.1, -0.05) is 46.3 Å². The van der Waals surface area contributed by atoms with Gasteiger partial charge in [-0.2, -0.15) is 0 Å². The molecular formula is C17H17Br2NO. The van der Waals surface area contributed by atoms with Gasteiger partial charge in [-0.15, -0.1) is 0 Å². The van der Waals surface area contributed by atoms with Crippen LogP contribution in [0, 0.1) is 0 Å². The van der Waals surface area contributed by atoms with Gasteiger partial charge in [-0.3, -0.25) is 4.79 Å². The van der Waals surface area contributed by atoms with E-state index in [0.717, 1.165) is 14.5 Å². The molecule has 21 heavy (non-hydrogen) atoms. The van der Waals surface area contributed by atoms with Crippen LogP contribution in [0.5, 0.6) is 0 Å². The Bertz CT molecular complexity index is 626. The second-order valence-electron chi connectivity index (χ2n) is 5.14. The van der Waals surface area contributed by atoms with Gasteiger partial charge < -0.3 is 4.90 Å². The molecule has 0 fully saturated rings. The Morgan fingerprint density at radius 2 is 1.76 bits per heavy atom. The molecule has 0 saturated carbocycles. The van der Waals surface area contributed by atoms with E-state index < -0.39 is 0 Å². The molecule has 2 aromatic rings. The van der Waals surface area contributed by atoms with E-state index in [2.05, 4.69) is 31.9 Å². The fourth-order valence-electron chi connectivity index (χ4n) is 2.09. The molecule has 2 nitrogen and oxygen atoms in total. The summed E-state index contributed by atoms with van der Waals surface area (Å²) in [6.07, 6.45) is 0. The first-order chi connectivity index (χ1) is 9.99. The van der Waals surface area contributed by atoms with E-state index in [0.29, 0.717) is 12.1 Å². The van der Waals surface area contributed by atoms with Crippen LogP contribution >= 0.6 is 31.9 Å². The van der Waals surface area contributed by atoms with Crippen LogP contribution in [-0.2, 0) is 6.54 Å². The first-order valence-corrected chi connectivity index (χ1v) is 8.37. The molecule has 0 spiro atoms. The summed E-state index contributed by atoms with van der Waals surface area (Å²) >= 11 is 6.88. The van der Waals surface area contributed by atoms with Crippen molar-refractivity contribution in [1.82, 2.24) is 4.90 Å². The predicted molar refractivity (Wildman–Crippen MR) is 93.3 cm³/mol. The lowest BCUT2D eigenvalue weighted by atomic mass is 10.1. The molecular weight excluding hydrogens is 394 g/mol. The summed E-state index contributed by atoms with van der Waals surface area (Å²) in [6.45, 7) is 4.68. The quantitative estimate of drug-likeness (QED) is 0.672. The van der Waals surface area contributed by atoms with Gasteiger partial charge in [0, 0.05) is 21.5 Å². The summed E-state index contributed by atoms with van der Waals surface area (Å²) in [4.78, 5) is 14.7. The highest BCUT2D eigenvalue weighted by molar-refractivity contribution is 9.11. The van der Waals surface area contributed by atoms with Gasteiger partial charge in [0.05, 0.1) is 5.56 Å². The second-order valence-corrected chi connectivity index (χ2v) is 6.91. The Kier molecular flexibility index (Phi) is 5.59. The molecule has 2 aromatic carbocycles. The molecule has 110 valence electrons. The third-order valence-corrected chi connectivity index (χ3v) is 4.39. The highest BCUT2D eigenvalue weighted by Crippen LogP contribution is 2.24. The van der Waals surface area contributed by atoms with E-state index in [9.17, 15) is 4.79 Å². The molecule has 2 rings (SSSR count). The minimum atomic E-state index is 0.0354. The number of hydrogen-bond acceptors (Lipinski definition) is 1. The minimum Gasteiger partial charge on any atom is -0.332 e. The molecule has 0 aliphatic heterocycles. The van der Waals surface area contributed by atoms with E-state index in [1.165, 1.54) is 0 Å². The van der Waals surface area contributed by atoms with Gasteiger partial charge in [-0.25, -0.2) is 0 Å². The van der Waals surface area contributed by atoms with E-state index >= 15 is 0 Å². The molecule has 4 heteroatoms. The van der Waals surface area contributed by atoms with Gasteiger partial charge in [0.15, 0.2) is 0 Å². The number of amides is 1. The average Bonchev–Trinajstić information content (AvgIpc) is 2.45. The minimum absolute atomic E-state index is 0.0354. The molecule has 0 aliphatic rings. The van der Waals surface area contributed by atoms with Crippen LogP contribution < -0.4 is 0 Å². The number of carbonyl (C=O) groups is 1. The topological polar surface area (TPSA) is 20.3 Å². The zero-order chi connectivity index (χ0) is 15.4. The largest absolute Gasteiger partial charge is 0.332 e. The number of halogens is 2. The van der Waals surface area contributed by atoms with E-state index in [4.69, 9.17) is 0 Å². The van der Waals surface area contributed by atoms with Crippen molar-refractivity contribution in [3.8, 4) is 0 Å². The van der Waals surface area contributed by atoms with Crippen molar-refractivity contribution >= 4 is 37.8 Å². The van der Waals surface area contributed by atoms with Crippen LogP contribution in [0.1, 0.15) is 29.8 Å². The van der Waals surface area contributed by atoms with Crippen LogP contribution in [0.15, 0.2) is 57.5 Å². The molecule has 0 bridgehead atoms. The molecule has 0 unspecified atom stereocenters. The van der Waals surface area contributed by atoms with Crippen molar-refractivity contribution in [2.45, 2.75) is 26.4 Å². The molecule has 0 aliphatic carbocycles. The summed E-state index contributed by atoms with van der Waals surface area (Å²) in [5.74, 6) is 0.0354. The lowest BCUT2D eigenvalue weighted by molar-refractivity contribution is 0.0689. The summed E-state index contributed by atoms with van der Waals surface area (Å²) in [5.41, 5.74) is 1.82. The van der Waals surface area contributed by atoms with Gasteiger partial charge in [-0.05, 0) is 53.5 Å². The van der Waals surface area contributed by atoms with E-state index in [1.54, 1.807) is 0 Å².